The smallest absolute Gasteiger partial charge is 0.408 e. The van der Waals surface area contributed by atoms with Crippen molar-refractivity contribution in [2.24, 2.45) is 11.8 Å². The van der Waals surface area contributed by atoms with Crippen LogP contribution in [-0.2, 0) is 21.4 Å². The predicted octanol–water partition coefficient (Wildman–Crippen LogP) is 2.81. The second-order valence-corrected chi connectivity index (χ2v) is 11.4. The molecule has 2 atom stereocenters. The van der Waals surface area contributed by atoms with E-state index in [2.05, 4.69) is 0 Å². The number of aromatic nitrogens is 1. The van der Waals surface area contributed by atoms with Gasteiger partial charge in [0.25, 0.3) is 0 Å². The number of rotatable bonds is 5. The van der Waals surface area contributed by atoms with Gasteiger partial charge >= 0.3 is 5.76 Å². The molecule has 174 valence electrons. The Kier molecular flexibility index (Phi) is 5.88. The highest BCUT2D eigenvalue weighted by molar-refractivity contribution is 7.89. The molecule has 2 aliphatic heterocycles. The molecule has 1 aromatic carbocycles. The maximum Gasteiger partial charge on any atom is 0.419 e. The molecule has 1 aromatic heterocycles. The Morgan fingerprint density at radius 2 is 1.75 bits per heavy atom. The van der Waals surface area contributed by atoms with Gasteiger partial charge in [-0.25, -0.2) is 13.2 Å². The minimum Gasteiger partial charge on any atom is -0.408 e. The molecule has 3 fully saturated rings. The maximum atomic E-state index is 12.8. The highest BCUT2D eigenvalue weighted by Crippen LogP contribution is 2.36. The molecule has 9 heteroatoms. The molecule has 1 aliphatic carbocycles. The first-order chi connectivity index (χ1) is 15.4. The Balaban J connectivity index is 1.29. The van der Waals surface area contributed by atoms with Gasteiger partial charge in [0.1, 0.15) is 0 Å². The molecule has 8 nitrogen and oxygen atoms in total. The first-order valence-electron chi connectivity index (χ1n) is 11.8. The molecular weight excluding hydrogens is 430 g/mol. The minimum absolute atomic E-state index is 0.0727. The number of piperidine rings is 1. The van der Waals surface area contributed by atoms with Gasteiger partial charge < -0.3 is 9.32 Å². The highest BCUT2D eigenvalue weighted by atomic mass is 32.2. The van der Waals surface area contributed by atoms with E-state index in [1.165, 1.54) is 46.7 Å². The number of hydrogen-bond donors (Lipinski definition) is 0. The van der Waals surface area contributed by atoms with Crippen LogP contribution in [-0.4, -0.2) is 54.3 Å². The van der Waals surface area contributed by atoms with E-state index in [0.29, 0.717) is 24.5 Å². The van der Waals surface area contributed by atoms with E-state index in [9.17, 15) is 18.0 Å². The molecule has 2 aromatic rings. The molecule has 0 radical (unpaired) electrons. The van der Waals surface area contributed by atoms with Crippen LogP contribution in [0, 0.1) is 11.8 Å². The van der Waals surface area contributed by atoms with Crippen molar-refractivity contribution in [1.29, 1.82) is 0 Å². The van der Waals surface area contributed by atoms with E-state index >= 15 is 0 Å². The number of likely N-dealkylation sites (tertiary alicyclic amines) is 1. The van der Waals surface area contributed by atoms with Gasteiger partial charge in [-0.3, -0.25) is 9.36 Å². The first kappa shape index (κ1) is 21.7. The zero-order chi connectivity index (χ0) is 22.3. The summed E-state index contributed by atoms with van der Waals surface area (Å²) in [6, 6.07) is 4.56. The Labute approximate surface area is 188 Å². The molecule has 3 heterocycles. The van der Waals surface area contributed by atoms with Gasteiger partial charge in [-0.15, -0.1) is 0 Å². The topological polar surface area (TPSA) is 92.8 Å². The lowest BCUT2D eigenvalue weighted by Crippen LogP contribution is -2.45. The van der Waals surface area contributed by atoms with Crippen molar-refractivity contribution in [2.45, 2.75) is 62.8 Å². The Morgan fingerprint density at radius 3 is 2.53 bits per heavy atom. The Morgan fingerprint density at radius 1 is 1.00 bits per heavy atom. The summed E-state index contributed by atoms with van der Waals surface area (Å²) in [4.78, 5) is 27.4. The summed E-state index contributed by atoms with van der Waals surface area (Å²) in [6.07, 6.45) is 8.11. The first-order valence-corrected chi connectivity index (χ1v) is 13.3. The van der Waals surface area contributed by atoms with Gasteiger partial charge in [-0.2, -0.15) is 4.31 Å². The molecule has 0 N–H and O–H groups in total. The fourth-order valence-electron chi connectivity index (χ4n) is 5.69. The van der Waals surface area contributed by atoms with Crippen molar-refractivity contribution >= 4 is 27.0 Å². The number of sulfonamides is 1. The molecule has 32 heavy (non-hydrogen) atoms. The van der Waals surface area contributed by atoms with Crippen LogP contribution in [0.3, 0.4) is 0 Å². The summed E-state index contributed by atoms with van der Waals surface area (Å²) in [5, 5.41) is 0. The van der Waals surface area contributed by atoms with Crippen molar-refractivity contribution < 1.29 is 17.6 Å². The summed E-state index contributed by atoms with van der Waals surface area (Å²) < 4.78 is 33.9. The zero-order valence-electron chi connectivity index (χ0n) is 18.4. The molecule has 1 saturated carbocycles. The normalized spacial score (nSPS) is 24.7. The van der Waals surface area contributed by atoms with Crippen LogP contribution in [0.1, 0.15) is 51.4 Å². The third-order valence-electron chi connectivity index (χ3n) is 7.54. The number of nitrogens with zero attached hydrogens (tertiary/aromatic N) is 3. The summed E-state index contributed by atoms with van der Waals surface area (Å²) in [5.74, 6) is 0.896. The SMILES string of the molecule is O=C(CCn1c(=O)oc2cc(S(=O)(=O)N3CCCC3)ccc21)N1CC[C@H]2CCCC[C@H]2C1. The van der Waals surface area contributed by atoms with Crippen molar-refractivity contribution in [1.82, 2.24) is 13.8 Å². The molecule has 2 saturated heterocycles. The van der Waals surface area contributed by atoms with Crippen molar-refractivity contribution in [3.05, 3.63) is 28.7 Å². The van der Waals surface area contributed by atoms with Gasteiger partial charge in [0.2, 0.25) is 15.9 Å². The van der Waals surface area contributed by atoms with Crippen LogP contribution in [0.5, 0.6) is 0 Å². The molecule has 0 unspecified atom stereocenters. The largest absolute Gasteiger partial charge is 0.419 e. The zero-order valence-corrected chi connectivity index (χ0v) is 19.2. The number of amides is 1. The van der Waals surface area contributed by atoms with Crippen molar-refractivity contribution in [3.63, 3.8) is 0 Å². The molecule has 3 aliphatic rings. The fourth-order valence-corrected chi connectivity index (χ4v) is 7.22. The second-order valence-electron chi connectivity index (χ2n) is 9.44. The summed E-state index contributed by atoms with van der Waals surface area (Å²) in [7, 11) is -3.58. The van der Waals surface area contributed by atoms with Crippen LogP contribution < -0.4 is 5.76 Å². The monoisotopic (exact) mass is 461 g/mol. The van der Waals surface area contributed by atoms with E-state index < -0.39 is 15.8 Å². The van der Waals surface area contributed by atoms with E-state index in [1.54, 1.807) is 6.07 Å². The Bertz CT molecular complexity index is 1160. The highest BCUT2D eigenvalue weighted by Gasteiger charge is 2.33. The van der Waals surface area contributed by atoms with Gasteiger partial charge in [-0.05, 0) is 49.7 Å². The summed E-state index contributed by atoms with van der Waals surface area (Å²) >= 11 is 0. The number of carbonyl (C=O) groups excluding carboxylic acids is 1. The molecular formula is C23H31N3O5S. The predicted molar refractivity (Wildman–Crippen MR) is 120 cm³/mol. The van der Waals surface area contributed by atoms with Gasteiger partial charge in [-0.1, -0.05) is 19.3 Å². The quantitative estimate of drug-likeness (QED) is 0.683. The van der Waals surface area contributed by atoms with Crippen LogP contribution in [0.4, 0.5) is 0 Å². The van der Waals surface area contributed by atoms with Crippen LogP contribution in [0.25, 0.3) is 11.1 Å². The average molecular weight is 462 g/mol. The third kappa shape index (κ3) is 4.01. The van der Waals surface area contributed by atoms with Crippen molar-refractivity contribution in [2.75, 3.05) is 26.2 Å². The van der Waals surface area contributed by atoms with Crippen LogP contribution in [0.15, 0.2) is 32.3 Å². The van der Waals surface area contributed by atoms with E-state index in [1.807, 2.05) is 4.90 Å². The number of oxazole rings is 1. The standard InChI is InChI=1S/C23H31N3O5S/c27-22(24-13-9-17-5-1-2-6-18(17)16-24)10-14-26-20-8-7-19(15-21(20)31-23(26)28)32(29,30)25-11-3-4-12-25/h7-8,15,17-18H,1-6,9-14,16H2/t17-,18+/m1/s1. The number of fused-ring (bicyclic) bond motifs is 2. The van der Waals surface area contributed by atoms with Crippen LogP contribution >= 0.6 is 0 Å². The lowest BCUT2D eigenvalue weighted by molar-refractivity contribution is -0.134. The van der Waals surface area contributed by atoms with Crippen LogP contribution in [0.2, 0.25) is 0 Å². The molecule has 1 amide bonds. The number of carbonyl (C=O) groups is 1. The lowest BCUT2D eigenvalue weighted by Gasteiger charge is -2.41. The molecule has 0 bridgehead atoms. The summed E-state index contributed by atoms with van der Waals surface area (Å²) in [5.41, 5.74) is 0.764. The van der Waals surface area contributed by atoms with E-state index in [0.717, 1.165) is 38.3 Å². The Hall–Kier alpha value is -2.13. The molecule has 0 spiro atoms. The van der Waals surface area contributed by atoms with Gasteiger partial charge in [0, 0.05) is 45.2 Å². The average Bonchev–Trinajstić information content (AvgIpc) is 3.45. The van der Waals surface area contributed by atoms with E-state index in [-0.39, 0.29) is 29.4 Å². The van der Waals surface area contributed by atoms with Crippen molar-refractivity contribution in [3.8, 4) is 0 Å². The number of aryl methyl sites for hydroxylation is 1. The minimum atomic E-state index is -3.58. The maximum absolute atomic E-state index is 12.8. The number of hydrogen-bond acceptors (Lipinski definition) is 5. The third-order valence-corrected chi connectivity index (χ3v) is 9.43. The van der Waals surface area contributed by atoms with E-state index in [4.69, 9.17) is 4.42 Å². The lowest BCUT2D eigenvalue weighted by atomic mass is 9.75. The van der Waals surface area contributed by atoms with Gasteiger partial charge in [0.05, 0.1) is 10.4 Å². The number of benzene rings is 1. The molecule has 5 rings (SSSR count). The van der Waals surface area contributed by atoms with Gasteiger partial charge in [0.15, 0.2) is 5.58 Å². The second kappa shape index (κ2) is 8.67. The fraction of sp³-hybridized carbons (Fsp3) is 0.652. The summed E-state index contributed by atoms with van der Waals surface area (Å²) in [6.45, 7) is 2.91.